The van der Waals surface area contributed by atoms with Crippen LogP contribution < -0.4 is 0 Å². The van der Waals surface area contributed by atoms with Crippen molar-refractivity contribution < 1.29 is 5.11 Å². The lowest BCUT2D eigenvalue weighted by Crippen LogP contribution is -2.22. The van der Waals surface area contributed by atoms with Crippen molar-refractivity contribution in [1.82, 2.24) is 0 Å². The third-order valence-corrected chi connectivity index (χ3v) is 2.46. The third kappa shape index (κ3) is 3.73. The van der Waals surface area contributed by atoms with Gasteiger partial charge in [0, 0.05) is 18.7 Å². The first-order valence-corrected chi connectivity index (χ1v) is 5.19. The molecule has 2 atom stereocenters. The van der Waals surface area contributed by atoms with Gasteiger partial charge in [-0.3, -0.25) is 4.99 Å². The average Bonchev–Trinajstić information content (AvgIpc) is 2.19. The minimum atomic E-state index is -0.194. The van der Waals surface area contributed by atoms with Gasteiger partial charge in [0.2, 0.25) is 0 Å². The normalized spacial score (nSPS) is 23.4. The Morgan fingerprint density at radius 1 is 1.54 bits per heavy atom. The molecule has 0 radical (unpaired) electrons. The van der Waals surface area contributed by atoms with Gasteiger partial charge < -0.3 is 5.11 Å². The Hall–Kier alpha value is -0.630. The fourth-order valence-corrected chi connectivity index (χ4v) is 1.56. The third-order valence-electron chi connectivity index (χ3n) is 2.46. The Morgan fingerprint density at radius 3 is 3.00 bits per heavy atom. The molecule has 0 fully saturated rings. The second-order valence-electron chi connectivity index (χ2n) is 3.63. The van der Waals surface area contributed by atoms with E-state index in [1.165, 1.54) is 12.8 Å². The Balaban J connectivity index is 2.19. The summed E-state index contributed by atoms with van der Waals surface area (Å²) in [7, 11) is 0. The first kappa shape index (κ1) is 10.5. The van der Waals surface area contributed by atoms with E-state index in [1.807, 2.05) is 6.08 Å². The van der Waals surface area contributed by atoms with Crippen molar-refractivity contribution in [2.45, 2.75) is 38.7 Å². The van der Waals surface area contributed by atoms with Gasteiger partial charge in [-0.2, -0.15) is 0 Å². The fourth-order valence-electron chi connectivity index (χ4n) is 1.56. The number of aliphatic hydroxyl groups is 1. The molecule has 0 aromatic rings. The van der Waals surface area contributed by atoms with Crippen LogP contribution in [0.1, 0.15) is 32.6 Å². The molecular weight excluding hydrogens is 162 g/mol. The molecule has 0 spiro atoms. The number of hydrogen-bond donors (Lipinski definition) is 1. The lowest BCUT2D eigenvalue weighted by Gasteiger charge is -2.19. The van der Waals surface area contributed by atoms with Crippen LogP contribution in [0.5, 0.6) is 0 Å². The standard InChI is InChI=1S/C11H19NO/c1-2-3-4-7-11(13)10-6-5-8-12-9-10/h5-6,8,10-11,13H,2-4,7,9H2,1H3. The maximum atomic E-state index is 9.78. The highest BCUT2D eigenvalue weighted by Crippen LogP contribution is 2.15. The summed E-state index contributed by atoms with van der Waals surface area (Å²) in [6.45, 7) is 2.93. The Kier molecular flexibility index (Phi) is 4.76. The molecule has 0 aromatic carbocycles. The first-order valence-electron chi connectivity index (χ1n) is 5.19. The highest BCUT2D eigenvalue weighted by molar-refractivity contribution is 5.71. The summed E-state index contributed by atoms with van der Waals surface area (Å²) in [6.07, 6.45) is 10.1. The van der Waals surface area contributed by atoms with Gasteiger partial charge in [-0.15, -0.1) is 0 Å². The molecule has 2 unspecified atom stereocenters. The smallest absolute Gasteiger partial charge is 0.0620 e. The molecule has 1 N–H and O–H groups in total. The zero-order valence-corrected chi connectivity index (χ0v) is 8.32. The maximum Gasteiger partial charge on any atom is 0.0620 e. The molecule has 0 saturated heterocycles. The van der Waals surface area contributed by atoms with Crippen LogP contribution in [0.4, 0.5) is 0 Å². The molecular formula is C11H19NO. The van der Waals surface area contributed by atoms with Crippen LogP contribution in [0.3, 0.4) is 0 Å². The highest BCUT2D eigenvalue weighted by atomic mass is 16.3. The van der Waals surface area contributed by atoms with Crippen LogP contribution in [-0.2, 0) is 0 Å². The number of unbranched alkanes of at least 4 members (excludes halogenated alkanes) is 2. The van der Waals surface area contributed by atoms with E-state index in [0.717, 1.165) is 19.4 Å². The van der Waals surface area contributed by atoms with Gasteiger partial charge in [0.05, 0.1) is 6.10 Å². The molecule has 1 aliphatic heterocycles. The molecule has 0 bridgehead atoms. The molecule has 13 heavy (non-hydrogen) atoms. The molecule has 74 valence electrons. The molecule has 1 heterocycles. The van der Waals surface area contributed by atoms with E-state index in [-0.39, 0.29) is 12.0 Å². The monoisotopic (exact) mass is 181 g/mol. The van der Waals surface area contributed by atoms with Crippen molar-refractivity contribution in [3.63, 3.8) is 0 Å². The lowest BCUT2D eigenvalue weighted by molar-refractivity contribution is 0.120. The average molecular weight is 181 g/mol. The summed E-state index contributed by atoms with van der Waals surface area (Å²) in [4.78, 5) is 4.14. The number of aliphatic imine (C=N–C) groups is 1. The lowest BCUT2D eigenvalue weighted by atomic mass is 9.96. The van der Waals surface area contributed by atoms with Crippen LogP contribution in [0.25, 0.3) is 0 Å². The molecule has 0 aliphatic carbocycles. The Morgan fingerprint density at radius 2 is 2.38 bits per heavy atom. The van der Waals surface area contributed by atoms with Crippen molar-refractivity contribution in [2.24, 2.45) is 10.9 Å². The van der Waals surface area contributed by atoms with Crippen LogP contribution in [0, 0.1) is 5.92 Å². The van der Waals surface area contributed by atoms with Crippen LogP contribution in [0.2, 0.25) is 0 Å². The van der Waals surface area contributed by atoms with Crippen molar-refractivity contribution >= 4 is 6.21 Å². The van der Waals surface area contributed by atoms with Gasteiger partial charge >= 0.3 is 0 Å². The van der Waals surface area contributed by atoms with Crippen LogP contribution in [0.15, 0.2) is 17.1 Å². The number of rotatable bonds is 5. The molecule has 1 aliphatic rings. The molecule has 2 nitrogen and oxygen atoms in total. The summed E-state index contributed by atoms with van der Waals surface area (Å²) in [5.74, 6) is 0.252. The summed E-state index contributed by atoms with van der Waals surface area (Å²) < 4.78 is 0. The topological polar surface area (TPSA) is 32.6 Å². The van der Waals surface area contributed by atoms with E-state index in [2.05, 4.69) is 18.0 Å². The van der Waals surface area contributed by atoms with E-state index in [4.69, 9.17) is 0 Å². The highest BCUT2D eigenvalue weighted by Gasteiger charge is 2.16. The van der Waals surface area contributed by atoms with E-state index < -0.39 is 0 Å². The second-order valence-corrected chi connectivity index (χ2v) is 3.63. The first-order chi connectivity index (χ1) is 6.34. The molecule has 2 heteroatoms. The maximum absolute atomic E-state index is 9.78. The van der Waals surface area contributed by atoms with Gasteiger partial charge in [0.15, 0.2) is 0 Å². The quantitative estimate of drug-likeness (QED) is 0.648. The summed E-state index contributed by atoms with van der Waals surface area (Å²) in [5, 5.41) is 9.78. The fraction of sp³-hybridized carbons (Fsp3) is 0.727. The van der Waals surface area contributed by atoms with Gasteiger partial charge in [-0.25, -0.2) is 0 Å². The van der Waals surface area contributed by atoms with Gasteiger partial charge in [-0.05, 0) is 12.5 Å². The second kappa shape index (κ2) is 5.92. The van der Waals surface area contributed by atoms with Crippen molar-refractivity contribution in [1.29, 1.82) is 0 Å². The largest absolute Gasteiger partial charge is 0.392 e. The van der Waals surface area contributed by atoms with E-state index in [1.54, 1.807) is 6.21 Å². The number of dihydropyridines is 1. The van der Waals surface area contributed by atoms with E-state index >= 15 is 0 Å². The van der Waals surface area contributed by atoms with Crippen molar-refractivity contribution in [3.05, 3.63) is 12.2 Å². The minimum absolute atomic E-state index is 0.194. The zero-order chi connectivity index (χ0) is 9.52. The Bertz CT molecular complexity index is 187. The number of nitrogens with zero attached hydrogens (tertiary/aromatic N) is 1. The predicted molar refractivity (Wildman–Crippen MR) is 56.1 cm³/mol. The predicted octanol–water partition coefficient (Wildman–Crippen LogP) is 2.18. The molecule has 0 aromatic heterocycles. The van der Waals surface area contributed by atoms with Crippen LogP contribution >= 0.6 is 0 Å². The number of hydrogen-bond acceptors (Lipinski definition) is 2. The summed E-state index contributed by atoms with van der Waals surface area (Å²) in [5.41, 5.74) is 0. The Labute approximate surface area is 80.4 Å². The van der Waals surface area contributed by atoms with Gasteiger partial charge in [-0.1, -0.05) is 32.3 Å². The van der Waals surface area contributed by atoms with E-state index in [9.17, 15) is 5.11 Å². The van der Waals surface area contributed by atoms with Crippen molar-refractivity contribution in [2.75, 3.05) is 6.54 Å². The van der Waals surface area contributed by atoms with Gasteiger partial charge in [0.25, 0.3) is 0 Å². The van der Waals surface area contributed by atoms with Crippen molar-refractivity contribution in [3.8, 4) is 0 Å². The number of aliphatic hydroxyl groups excluding tert-OH is 1. The zero-order valence-electron chi connectivity index (χ0n) is 8.32. The molecule has 0 amide bonds. The summed E-state index contributed by atoms with van der Waals surface area (Å²) >= 11 is 0. The molecule has 1 rings (SSSR count). The van der Waals surface area contributed by atoms with Gasteiger partial charge in [0.1, 0.15) is 0 Å². The summed E-state index contributed by atoms with van der Waals surface area (Å²) in [6, 6.07) is 0. The molecule has 0 saturated carbocycles. The van der Waals surface area contributed by atoms with E-state index in [0.29, 0.717) is 0 Å². The van der Waals surface area contributed by atoms with Crippen LogP contribution in [-0.4, -0.2) is 24.0 Å². The number of allylic oxidation sites excluding steroid dienone is 1. The minimum Gasteiger partial charge on any atom is -0.392 e. The SMILES string of the molecule is CCCCCC(O)C1C=CC=NC1.